The first-order chi connectivity index (χ1) is 10.2. The van der Waals surface area contributed by atoms with Crippen molar-refractivity contribution in [3.8, 4) is 0 Å². The van der Waals surface area contributed by atoms with E-state index in [1.54, 1.807) is 0 Å². The zero-order valence-corrected chi connectivity index (χ0v) is 12.5. The van der Waals surface area contributed by atoms with Gasteiger partial charge in [-0.2, -0.15) is 0 Å². The number of hydrogen-bond acceptors (Lipinski definition) is 2. The molecular weight excluding hydrogens is 264 g/mol. The monoisotopic (exact) mass is 286 g/mol. The normalized spacial score (nSPS) is 17.9. The fourth-order valence-electron chi connectivity index (χ4n) is 3.31. The molecule has 1 aromatic carbocycles. The molecule has 1 N–H and O–H groups in total. The van der Waals surface area contributed by atoms with Gasteiger partial charge in [-0.15, -0.1) is 0 Å². The average molecular weight is 286 g/mol. The summed E-state index contributed by atoms with van der Waals surface area (Å²) in [6.45, 7) is 2.60. The molecule has 0 unspecified atom stereocenters. The molecule has 1 heterocycles. The van der Waals surface area contributed by atoms with Crippen molar-refractivity contribution >= 4 is 17.5 Å². The van der Waals surface area contributed by atoms with Crippen LogP contribution in [0.1, 0.15) is 54.9 Å². The summed E-state index contributed by atoms with van der Waals surface area (Å²) in [5.41, 5.74) is 2.74. The number of nitrogens with zero attached hydrogens (tertiary/aromatic N) is 1. The lowest BCUT2D eigenvalue weighted by molar-refractivity contribution is -0.118. The van der Waals surface area contributed by atoms with Crippen LogP contribution in [-0.4, -0.2) is 24.4 Å². The molecule has 4 heteroatoms. The molecule has 0 radical (unpaired) electrons. The van der Waals surface area contributed by atoms with E-state index in [2.05, 4.69) is 5.32 Å². The van der Waals surface area contributed by atoms with E-state index in [0.717, 1.165) is 37.1 Å². The van der Waals surface area contributed by atoms with Gasteiger partial charge in [0.05, 0.1) is 0 Å². The smallest absolute Gasteiger partial charge is 0.251 e. The van der Waals surface area contributed by atoms with Crippen LogP contribution in [0.3, 0.4) is 0 Å². The number of anilines is 1. The van der Waals surface area contributed by atoms with Gasteiger partial charge in [0.2, 0.25) is 5.91 Å². The summed E-state index contributed by atoms with van der Waals surface area (Å²) in [6.07, 6.45) is 5.94. The summed E-state index contributed by atoms with van der Waals surface area (Å²) in [5.74, 6) is 0.114. The molecule has 2 amide bonds. The van der Waals surface area contributed by atoms with Crippen LogP contribution in [0.4, 0.5) is 5.69 Å². The van der Waals surface area contributed by atoms with Crippen LogP contribution < -0.4 is 10.2 Å². The van der Waals surface area contributed by atoms with Crippen molar-refractivity contribution in [1.29, 1.82) is 0 Å². The first-order valence-corrected chi connectivity index (χ1v) is 7.93. The lowest BCUT2D eigenvalue weighted by atomic mass is 10.1. The van der Waals surface area contributed by atoms with Gasteiger partial charge in [-0.25, -0.2) is 0 Å². The van der Waals surface area contributed by atoms with Crippen LogP contribution in [-0.2, 0) is 11.2 Å². The number of benzene rings is 1. The van der Waals surface area contributed by atoms with Gasteiger partial charge in [0.25, 0.3) is 5.91 Å². The Labute approximate surface area is 125 Å². The molecule has 2 aliphatic rings. The zero-order chi connectivity index (χ0) is 14.8. The zero-order valence-electron chi connectivity index (χ0n) is 12.5. The Hall–Kier alpha value is -1.84. The van der Waals surface area contributed by atoms with Crippen LogP contribution in [0, 0.1) is 0 Å². The highest BCUT2D eigenvalue weighted by Crippen LogP contribution is 2.29. The van der Waals surface area contributed by atoms with Crippen molar-refractivity contribution in [2.75, 3.05) is 11.4 Å². The first-order valence-electron chi connectivity index (χ1n) is 7.93. The Kier molecular flexibility index (Phi) is 3.95. The van der Waals surface area contributed by atoms with Crippen molar-refractivity contribution in [3.63, 3.8) is 0 Å². The molecular formula is C17H22N2O2. The molecule has 1 aromatic rings. The van der Waals surface area contributed by atoms with E-state index < -0.39 is 0 Å². The van der Waals surface area contributed by atoms with E-state index >= 15 is 0 Å². The van der Waals surface area contributed by atoms with Crippen LogP contribution in [0.25, 0.3) is 0 Å². The van der Waals surface area contributed by atoms with Gasteiger partial charge in [0.1, 0.15) is 0 Å². The van der Waals surface area contributed by atoms with Gasteiger partial charge in [-0.3, -0.25) is 9.59 Å². The Morgan fingerprint density at radius 3 is 2.76 bits per heavy atom. The van der Waals surface area contributed by atoms with Crippen LogP contribution in [0.2, 0.25) is 0 Å². The van der Waals surface area contributed by atoms with Crippen molar-refractivity contribution < 1.29 is 9.59 Å². The Balaban J connectivity index is 1.78. The van der Waals surface area contributed by atoms with E-state index in [0.29, 0.717) is 18.0 Å². The maximum atomic E-state index is 12.3. The highest BCUT2D eigenvalue weighted by atomic mass is 16.2. The van der Waals surface area contributed by atoms with Gasteiger partial charge >= 0.3 is 0 Å². The molecule has 0 bridgehead atoms. The fourth-order valence-corrected chi connectivity index (χ4v) is 3.31. The largest absolute Gasteiger partial charge is 0.349 e. The Bertz CT molecular complexity index is 562. The second-order valence-electron chi connectivity index (χ2n) is 5.95. The highest BCUT2D eigenvalue weighted by Gasteiger charge is 2.25. The number of nitrogens with one attached hydrogen (secondary N) is 1. The molecule has 0 aromatic heterocycles. The fraction of sp³-hybridized carbons (Fsp3) is 0.529. The van der Waals surface area contributed by atoms with Crippen molar-refractivity contribution in [3.05, 3.63) is 29.3 Å². The number of rotatable bonds is 3. The molecule has 1 aliphatic carbocycles. The summed E-state index contributed by atoms with van der Waals surface area (Å²) >= 11 is 0. The van der Waals surface area contributed by atoms with E-state index in [9.17, 15) is 9.59 Å². The van der Waals surface area contributed by atoms with Crippen LogP contribution in [0.5, 0.6) is 0 Å². The van der Waals surface area contributed by atoms with Crippen molar-refractivity contribution in [1.82, 2.24) is 5.32 Å². The second kappa shape index (κ2) is 5.88. The molecule has 112 valence electrons. The summed E-state index contributed by atoms with van der Waals surface area (Å²) in [7, 11) is 0. The summed E-state index contributed by atoms with van der Waals surface area (Å²) in [4.78, 5) is 26.1. The van der Waals surface area contributed by atoms with Gasteiger partial charge in [-0.05, 0) is 37.0 Å². The Morgan fingerprint density at radius 1 is 1.29 bits per heavy atom. The number of hydrogen-bond donors (Lipinski definition) is 1. The minimum atomic E-state index is -0.0134. The number of carbonyl (C=O) groups excluding carboxylic acids is 2. The topological polar surface area (TPSA) is 49.4 Å². The summed E-state index contributed by atoms with van der Waals surface area (Å²) < 4.78 is 0. The molecule has 3 rings (SSSR count). The predicted octanol–water partition coefficient (Wildman–Crippen LogP) is 2.66. The van der Waals surface area contributed by atoms with E-state index in [4.69, 9.17) is 0 Å². The number of fused-ring (bicyclic) bond motifs is 1. The number of amides is 2. The minimum absolute atomic E-state index is 0.0134. The van der Waals surface area contributed by atoms with Crippen LogP contribution >= 0.6 is 0 Å². The Morgan fingerprint density at radius 2 is 2.05 bits per heavy atom. The highest BCUT2D eigenvalue weighted by molar-refractivity contribution is 5.99. The molecule has 0 atom stereocenters. The van der Waals surface area contributed by atoms with E-state index in [1.807, 2.05) is 30.0 Å². The van der Waals surface area contributed by atoms with Gasteiger partial charge in [0.15, 0.2) is 0 Å². The standard InChI is InChI=1S/C17H22N2O2/c1-2-16(20)19-10-9-12-7-8-13(11-15(12)19)17(21)18-14-5-3-4-6-14/h7-8,11,14H,2-6,9-10H2,1H3,(H,18,21). The van der Waals surface area contributed by atoms with Gasteiger partial charge in [0, 0.05) is 30.3 Å². The quantitative estimate of drug-likeness (QED) is 0.928. The van der Waals surface area contributed by atoms with Gasteiger partial charge < -0.3 is 10.2 Å². The molecule has 1 aliphatic heterocycles. The van der Waals surface area contributed by atoms with E-state index in [1.165, 1.54) is 12.8 Å². The van der Waals surface area contributed by atoms with E-state index in [-0.39, 0.29) is 11.8 Å². The average Bonchev–Trinajstić information content (AvgIpc) is 3.14. The third-order valence-electron chi connectivity index (χ3n) is 4.54. The summed E-state index contributed by atoms with van der Waals surface area (Å²) in [6, 6.07) is 6.06. The maximum Gasteiger partial charge on any atom is 0.251 e. The van der Waals surface area contributed by atoms with Crippen LogP contribution in [0.15, 0.2) is 18.2 Å². The SMILES string of the molecule is CCC(=O)N1CCc2ccc(C(=O)NC3CCCC3)cc21. The summed E-state index contributed by atoms with van der Waals surface area (Å²) in [5, 5.41) is 3.10. The lowest BCUT2D eigenvalue weighted by Gasteiger charge is -2.17. The molecule has 1 fully saturated rings. The molecule has 0 saturated heterocycles. The molecule has 1 saturated carbocycles. The molecule has 4 nitrogen and oxygen atoms in total. The first kappa shape index (κ1) is 14.1. The maximum absolute atomic E-state index is 12.3. The minimum Gasteiger partial charge on any atom is -0.349 e. The third-order valence-corrected chi connectivity index (χ3v) is 4.54. The van der Waals surface area contributed by atoms with Crippen molar-refractivity contribution in [2.24, 2.45) is 0 Å². The lowest BCUT2D eigenvalue weighted by Crippen LogP contribution is -2.33. The van der Waals surface area contributed by atoms with Crippen molar-refractivity contribution in [2.45, 2.75) is 51.5 Å². The second-order valence-corrected chi connectivity index (χ2v) is 5.95. The predicted molar refractivity (Wildman–Crippen MR) is 82.5 cm³/mol. The molecule has 0 spiro atoms. The molecule has 21 heavy (non-hydrogen) atoms. The van der Waals surface area contributed by atoms with Gasteiger partial charge in [-0.1, -0.05) is 25.8 Å². The third kappa shape index (κ3) is 2.80. The number of carbonyl (C=O) groups is 2.